The van der Waals surface area contributed by atoms with Crippen molar-refractivity contribution in [2.75, 3.05) is 5.73 Å². The van der Waals surface area contributed by atoms with E-state index in [2.05, 4.69) is 10.6 Å². The van der Waals surface area contributed by atoms with E-state index in [9.17, 15) is 14.0 Å². The summed E-state index contributed by atoms with van der Waals surface area (Å²) in [5.74, 6) is -1.53. The molecule has 0 saturated carbocycles. The van der Waals surface area contributed by atoms with Gasteiger partial charge in [0.05, 0.1) is 0 Å². The van der Waals surface area contributed by atoms with E-state index >= 15 is 0 Å². The number of nitrogens with one attached hydrogen (secondary N) is 2. The Bertz CT molecular complexity index is 1050. The highest BCUT2D eigenvalue weighted by Gasteiger charge is 2.15. The molecule has 0 bridgehead atoms. The van der Waals surface area contributed by atoms with Crippen LogP contribution in [0.4, 0.5) is 10.1 Å². The van der Waals surface area contributed by atoms with Crippen molar-refractivity contribution in [1.29, 1.82) is 0 Å². The van der Waals surface area contributed by atoms with E-state index in [-0.39, 0.29) is 17.8 Å². The monoisotopic (exact) mass is 389 g/mol. The van der Waals surface area contributed by atoms with Crippen LogP contribution in [-0.2, 0) is 11.3 Å². The van der Waals surface area contributed by atoms with Gasteiger partial charge in [-0.2, -0.15) is 0 Å². The summed E-state index contributed by atoms with van der Waals surface area (Å²) < 4.78 is 14.1. The van der Waals surface area contributed by atoms with Crippen molar-refractivity contribution in [3.63, 3.8) is 0 Å². The zero-order chi connectivity index (χ0) is 20.6. The van der Waals surface area contributed by atoms with Gasteiger partial charge in [0.15, 0.2) is 0 Å². The lowest BCUT2D eigenvalue weighted by atomic mass is 10.1. The summed E-state index contributed by atoms with van der Waals surface area (Å²) >= 11 is 0. The van der Waals surface area contributed by atoms with E-state index in [0.717, 1.165) is 5.56 Å². The first-order valence-corrected chi connectivity index (χ1v) is 8.99. The molecule has 0 aliphatic carbocycles. The molecule has 6 heteroatoms. The molecule has 3 aromatic rings. The normalized spacial score (nSPS) is 11.0. The van der Waals surface area contributed by atoms with Gasteiger partial charge < -0.3 is 16.4 Å². The van der Waals surface area contributed by atoms with E-state index < -0.39 is 17.6 Å². The summed E-state index contributed by atoms with van der Waals surface area (Å²) in [5, 5.41) is 5.28. The SMILES string of the molecule is Nc1ccccc1CNC(=O)/C(=C\c1ccccc1F)NC(=O)c1ccccc1. The van der Waals surface area contributed by atoms with Crippen LogP contribution in [0.2, 0.25) is 0 Å². The number of anilines is 1. The lowest BCUT2D eigenvalue weighted by Crippen LogP contribution is -2.34. The highest BCUT2D eigenvalue weighted by Crippen LogP contribution is 2.13. The fourth-order valence-corrected chi connectivity index (χ4v) is 2.66. The van der Waals surface area contributed by atoms with Crippen LogP contribution in [0.5, 0.6) is 0 Å². The Kier molecular flexibility index (Phi) is 6.37. The third-order valence-corrected chi connectivity index (χ3v) is 4.23. The number of hydrogen-bond donors (Lipinski definition) is 3. The molecule has 0 radical (unpaired) electrons. The van der Waals surface area contributed by atoms with Crippen LogP contribution in [0, 0.1) is 5.82 Å². The molecule has 3 aromatic carbocycles. The highest BCUT2D eigenvalue weighted by atomic mass is 19.1. The van der Waals surface area contributed by atoms with Crippen LogP contribution in [0.15, 0.2) is 84.6 Å². The largest absolute Gasteiger partial charge is 0.398 e. The van der Waals surface area contributed by atoms with Gasteiger partial charge in [-0.25, -0.2) is 4.39 Å². The number of rotatable bonds is 6. The van der Waals surface area contributed by atoms with Crippen LogP contribution in [-0.4, -0.2) is 11.8 Å². The van der Waals surface area contributed by atoms with E-state index in [1.54, 1.807) is 60.7 Å². The molecular formula is C23H20FN3O2. The number of para-hydroxylation sites is 1. The minimum absolute atomic E-state index is 0.0709. The van der Waals surface area contributed by atoms with Crippen molar-refractivity contribution in [3.8, 4) is 0 Å². The van der Waals surface area contributed by atoms with Gasteiger partial charge in [-0.1, -0.05) is 54.6 Å². The molecule has 3 rings (SSSR count). The highest BCUT2D eigenvalue weighted by molar-refractivity contribution is 6.05. The topological polar surface area (TPSA) is 84.2 Å². The third kappa shape index (κ3) is 5.29. The summed E-state index contributed by atoms with van der Waals surface area (Å²) in [6.45, 7) is 0.168. The van der Waals surface area contributed by atoms with Gasteiger partial charge in [0, 0.05) is 23.4 Å². The van der Waals surface area contributed by atoms with Gasteiger partial charge in [0.25, 0.3) is 11.8 Å². The Morgan fingerprint density at radius 1 is 0.897 bits per heavy atom. The average Bonchev–Trinajstić information content (AvgIpc) is 2.74. The average molecular weight is 389 g/mol. The molecule has 29 heavy (non-hydrogen) atoms. The zero-order valence-electron chi connectivity index (χ0n) is 15.6. The van der Waals surface area contributed by atoms with Crippen molar-refractivity contribution in [1.82, 2.24) is 10.6 Å². The number of nitrogen functional groups attached to an aromatic ring is 1. The van der Waals surface area contributed by atoms with Crippen molar-refractivity contribution in [2.24, 2.45) is 0 Å². The number of amides is 2. The second-order valence-corrected chi connectivity index (χ2v) is 6.28. The molecule has 0 saturated heterocycles. The predicted octanol–water partition coefficient (Wildman–Crippen LogP) is 3.50. The maximum atomic E-state index is 14.1. The minimum Gasteiger partial charge on any atom is -0.398 e. The van der Waals surface area contributed by atoms with E-state index in [1.807, 2.05) is 6.07 Å². The van der Waals surface area contributed by atoms with Crippen molar-refractivity contribution in [3.05, 3.63) is 107 Å². The summed E-state index contributed by atoms with van der Waals surface area (Å²) in [7, 11) is 0. The van der Waals surface area contributed by atoms with Crippen LogP contribution < -0.4 is 16.4 Å². The number of hydrogen-bond acceptors (Lipinski definition) is 3. The van der Waals surface area contributed by atoms with Gasteiger partial charge in [-0.15, -0.1) is 0 Å². The minimum atomic E-state index is -0.555. The zero-order valence-corrected chi connectivity index (χ0v) is 15.6. The third-order valence-electron chi connectivity index (χ3n) is 4.23. The Labute approximate surface area is 168 Å². The first kappa shape index (κ1) is 19.8. The Balaban J connectivity index is 1.84. The molecule has 0 unspecified atom stereocenters. The van der Waals surface area contributed by atoms with E-state index in [0.29, 0.717) is 11.3 Å². The molecule has 0 spiro atoms. The molecule has 0 atom stereocenters. The fourth-order valence-electron chi connectivity index (χ4n) is 2.66. The van der Waals surface area contributed by atoms with Crippen molar-refractivity contribution >= 4 is 23.6 Å². The second-order valence-electron chi connectivity index (χ2n) is 6.28. The Hall–Kier alpha value is -3.93. The molecule has 0 aliphatic rings. The fraction of sp³-hybridized carbons (Fsp3) is 0.0435. The number of benzene rings is 3. The molecule has 0 aromatic heterocycles. The summed E-state index contributed by atoms with van der Waals surface area (Å²) in [5.41, 5.74) is 7.67. The van der Waals surface area contributed by atoms with Gasteiger partial charge in [0.2, 0.25) is 0 Å². The molecule has 0 aliphatic heterocycles. The van der Waals surface area contributed by atoms with Gasteiger partial charge in [-0.3, -0.25) is 9.59 Å². The van der Waals surface area contributed by atoms with Crippen LogP contribution in [0.25, 0.3) is 6.08 Å². The molecule has 5 nitrogen and oxygen atoms in total. The first-order valence-electron chi connectivity index (χ1n) is 8.99. The molecule has 0 heterocycles. The number of nitrogens with two attached hydrogens (primary N) is 1. The van der Waals surface area contributed by atoms with E-state index in [1.165, 1.54) is 18.2 Å². The van der Waals surface area contributed by atoms with Crippen molar-refractivity contribution < 1.29 is 14.0 Å². The maximum absolute atomic E-state index is 14.1. The lowest BCUT2D eigenvalue weighted by Gasteiger charge is -2.12. The molecule has 0 fully saturated rings. The van der Waals surface area contributed by atoms with Crippen molar-refractivity contribution in [2.45, 2.75) is 6.54 Å². The van der Waals surface area contributed by atoms with Crippen LogP contribution in [0.1, 0.15) is 21.5 Å². The number of carbonyl (C=O) groups excluding carboxylic acids is 2. The second kappa shape index (κ2) is 9.32. The molecule has 2 amide bonds. The van der Waals surface area contributed by atoms with Gasteiger partial charge in [0.1, 0.15) is 11.5 Å². The van der Waals surface area contributed by atoms with E-state index in [4.69, 9.17) is 5.73 Å². The molecular weight excluding hydrogens is 369 g/mol. The number of halogens is 1. The number of carbonyl (C=O) groups is 2. The maximum Gasteiger partial charge on any atom is 0.268 e. The Morgan fingerprint density at radius 3 is 2.28 bits per heavy atom. The summed E-state index contributed by atoms with van der Waals surface area (Å²) in [6, 6.07) is 21.6. The van der Waals surface area contributed by atoms with Gasteiger partial charge in [-0.05, 0) is 35.9 Å². The predicted molar refractivity (Wildman–Crippen MR) is 111 cm³/mol. The van der Waals surface area contributed by atoms with Crippen LogP contribution in [0.3, 0.4) is 0 Å². The standard InChI is InChI=1S/C23H20FN3O2/c24-19-12-6-4-10-17(19)14-21(27-22(28)16-8-2-1-3-9-16)23(29)26-15-18-11-5-7-13-20(18)25/h1-14H,15,25H2,(H,26,29)(H,27,28)/b21-14+. The quantitative estimate of drug-likeness (QED) is 0.446. The summed E-state index contributed by atoms with van der Waals surface area (Å²) in [4.78, 5) is 25.3. The first-order chi connectivity index (χ1) is 14.0. The smallest absolute Gasteiger partial charge is 0.268 e. The lowest BCUT2D eigenvalue weighted by molar-refractivity contribution is -0.117. The van der Waals surface area contributed by atoms with Crippen LogP contribution >= 0.6 is 0 Å². The summed E-state index contributed by atoms with van der Waals surface area (Å²) in [6.07, 6.45) is 1.31. The molecule has 146 valence electrons. The molecule has 4 N–H and O–H groups in total. The Morgan fingerprint density at radius 2 is 1.55 bits per heavy atom. The van der Waals surface area contributed by atoms with Gasteiger partial charge >= 0.3 is 0 Å².